The molecule has 25 heavy (non-hydrogen) atoms. The normalized spacial score (nSPS) is 33.5. The van der Waals surface area contributed by atoms with Crippen molar-refractivity contribution in [2.45, 2.75) is 82.8 Å². The lowest BCUT2D eigenvalue weighted by Gasteiger charge is -2.54. The number of nitrogens with one attached hydrogen (secondary N) is 1. The first-order chi connectivity index (χ1) is 11.8. The molecular formula is C19H28F3NO2. The van der Waals surface area contributed by atoms with Crippen LogP contribution in [-0.4, -0.2) is 23.9 Å². The Morgan fingerprint density at radius 3 is 1.84 bits per heavy atom. The van der Waals surface area contributed by atoms with Gasteiger partial charge in [0.1, 0.15) is 0 Å². The number of alkyl halides is 3. The summed E-state index contributed by atoms with van der Waals surface area (Å²) in [6.07, 6.45) is 3.94. The fourth-order valence-corrected chi connectivity index (χ4v) is 5.49. The molecule has 1 N–H and O–H groups in total. The molecule has 142 valence electrons. The zero-order valence-electron chi connectivity index (χ0n) is 14.6. The molecule has 4 aliphatic rings. The number of ketones is 1. The van der Waals surface area contributed by atoms with Gasteiger partial charge < -0.3 is 5.32 Å². The highest BCUT2D eigenvalue weighted by Gasteiger charge is 2.48. The van der Waals surface area contributed by atoms with Crippen LogP contribution in [0.3, 0.4) is 0 Å². The predicted octanol–water partition coefficient (Wildman–Crippen LogP) is 4.40. The zero-order valence-corrected chi connectivity index (χ0v) is 14.6. The van der Waals surface area contributed by atoms with Gasteiger partial charge in [0.25, 0.3) is 0 Å². The summed E-state index contributed by atoms with van der Waals surface area (Å²) in [5.41, 5.74) is 0. The van der Waals surface area contributed by atoms with E-state index in [1.54, 1.807) is 0 Å². The second kappa shape index (κ2) is 7.67. The second-order valence-electron chi connectivity index (χ2n) is 8.36. The average molecular weight is 359 g/mol. The van der Waals surface area contributed by atoms with E-state index in [0.717, 1.165) is 11.8 Å². The van der Waals surface area contributed by atoms with Crippen molar-refractivity contribution in [3.05, 3.63) is 0 Å². The molecule has 0 radical (unpaired) electrons. The number of hydrogen-bond acceptors (Lipinski definition) is 2. The van der Waals surface area contributed by atoms with Crippen LogP contribution < -0.4 is 5.32 Å². The van der Waals surface area contributed by atoms with Crippen molar-refractivity contribution in [3.8, 4) is 0 Å². The summed E-state index contributed by atoms with van der Waals surface area (Å²) in [4.78, 5) is 23.0. The van der Waals surface area contributed by atoms with Gasteiger partial charge in [0, 0.05) is 18.9 Å². The number of amides is 1. The van der Waals surface area contributed by atoms with E-state index in [9.17, 15) is 22.8 Å². The molecule has 0 atom stereocenters. The molecule has 0 aliphatic heterocycles. The van der Waals surface area contributed by atoms with E-state index in [4.69, 9.17) is 0 Å². The van der Waals surface area contributed by atoms with E-state index in [0.29, 0.717) is 43.6 Å². The van der Waals surface area contributed by atoms with Crippen LogP contribution in [0.25, 0.3) is 0 Å². The first-order valence-electron chi connectivity index (χ1n) is 9.72. The lowest BCUT2D eigenvalue weighted by Crippen LogP contribution is -2.55. The summed E-state index contributed by atoms with van der Waals surface area (Å²) < 4.78 is 36.2. The van der Waals surface area contributed by atoms with Crippen LogP contribution in [0, 0.1) is 23.7 Å². The Morgan fingerprint density at radius 1 is 0.800 bits per heavy atom. The Labute approximate surface area is 147 Å². The minimum Gasteiger partial charge on any atom is -0.353 e. The van der Waals surface area contributed by atoms with Crippen molar-refractivity contribution in [2.75, 3.05) is 0 Å². The fraction of sp³-hybridized carbons (Fsp3) is 0.895. The summed E-state index contributed by atoms with van der Waals surface area (Å²) in [7, 11) is 0. The Morgan fingerprint density at radius 2 is 1.32 bits per heavy atom. The summed E-state index contributed by atoms with van der Waals surface area (Å²) in [5.74, 6) is 1.53. The molecule has 0 unspecified atom stereocenters. The Balaban J connectivity index is 1.28. The van der Waals surface area contributed by atoms with Gasteiger partial charge in [0.05, 0.1) is 0 Å². The molecule has 0 spiro atoms. The molecule has 6 heteroatoms. The first-order valence-corrected chi connectivity index (χ1v) is 9.72. The van der Waals surface area contributed by atoms with E-state index in [1.165, 1.54) is 32.1 Å². The summed E-state index contributed by atoms with van der Waals surface area (Å²) in [5, 5.41) is 3.25. The Hall–Kier alpha value is -1.07. The van der Waals surface area contributed by atoms with Crippen LogP contribution in [0.5, 0.6) is 0 Å². The molecule has 0 saturated heterocycles. The molecule has 4 saturated carbocycles. The van der Waals surface area contributed by atoms with Gasteiger partial charge in [-0.2, -0.15) is 13.2 Å². The monoisotopic (exact) mass is 359 g/mol. The van der Waals surface area contributed by atoms with Crippen LogP contribution in [0.15, 0.2) is 0 Å². The zero-order chi connectivity index (χ0) is 18.0. The SMILES string of the molecule is O=C(CCCCCCC(=O)C(F)(F)F)NC1C2CC3CC(C2)CC1C3. The topological polar surface area (TPSA) is 46.2 Å². The Kier molecular flexibility index (Phi) is 5.74. The predicted molar refractivity (Wildman–Crippen MR) is 87.7 cm³/mol. The second-order valence-corrected chi connectivity index (χ2v) is 8.36. The third-order valence-electron chi connectivity index (χ3n) is 6.43. The summed E-state index contributed by atoms with van der Waals surface area (Å²) in [6.45, 7) is 0. The fourth-order valence-electron chi connectivity index (χ4n) is 5.49. The highest BCUT2D eigenvalue weighted by Crippen LogP contribution is 2.53. The lowest BCUT2D eigenvalue weighted by molar-refractivity contribution is -0.171. The third-order valence-corrected chi connectivity index (χ3v) is 6.43. The van der Waals surface area contributed by atoms with Crippen molar-refractivity contribution < 1.29 is 22.8 Å². The molecule has 0 aromatic rings. The number of carbonyl (C=O) groups is 2. The van der Waals surface area contributed by atoms with Gasteiger partial charge in [0.2, 0.25) is 11.7 Å². The molecule has 3 nitrogen and oxygen atoms in total. The number of hydrogen-bond donors (Lipinski definition) is 1. The van der Waals surface area contributed by atoms with E-state index in [-0.39, 0.29) is 12.3 Å². The van der Waals surface area contributed by atoms with Crippen molar-refractivity contribution in [2.24, 2.45) is 23.7 Å². The number of unbranched alkanes of at least 4 members (excludes halogenated alkanes) is 3. The van der Waals surface area contributed by atoms with E-state index in [2.05, 4.69) is 5.32 Å². The highest BCUT2D eigenvalue weighted by molar-refractivity contribution is 5.83. The minimum absolute atomic E-state index is 0.0869. The highest BCUT2D eigenvalue weighted by atomic mass is 19.4. The quantitative estimate of drug-likeness (QED) is 0.653. The number of carbonyl (C=O) groups excluding carboxylic acids is 2. The summed E-state index contributed by atoms with van der Waals surface area (Å²) in [6, 6.07) is 0.352. The van der Waals surface area contributed by atoms with Crippen molar-refractivity contribution >= 4 is 11.7 Å². The third kappa shape index (κ3) is 4.76. The molecule has 0 aromatic carbocycles. The van der Waals surface area contributed by atoms with Gasteiger partial charge in [0.15, 0.2) is 0 Å². The Bertz CT molecular complexity index is 475. The number of halogens is 3. The summed E-state index contributed by atoms with van der Waals surface area (Å²) >= 11 is 0. The molecule has 4 fully saturated rings. The lowest BCUT2D eigenvalue weighted by atomic mass is 9.54. The van der Waals surface area contributed by atoms with Crippen LogP contribution in [0.1, 0.15) is 70.6 Å². The smallest absolute Gasteiger partial charge is 0.353 e. The van der Waals surface area contributed by atoms with Gasteiger partial charge in [-0.3, -0.25) is 9.59 Å². The number of rotatable bonds is 8. The van der Waals surface area contributed by atoms with E-state index >= 15 is 0 Å². The van der Waals surface area contributed by atoms with Crippen molar-refractivity contribution in [3.63, 3.8) is 0 Å². The van der Waals surface area contributed by atoms with Gasteiger partial charge in [-0.1, -0.05) is 12.8 Å². The van der Waals surface area contributed by atoms with Crippen LogP contribution >= 0.6 is 0 Å². The largest absolute Gasteiger partial charge is 0.449 e. The van der Waals surface area contributed by atoms with Gasteiger partial charge in [-0.25, -0.2) is 0 Å². The average Bonchev–Trinajstić information content (AvgIpc) is 2.52. The minimum atomic E-state index is -4.71. The maximum absolute atomic E-state index is 12.2. The first kappa shape index (κ1) is 18.7. The van der Waals surface area contributed by atoms with Gasteiger partial charge >= 0.3 is 6.18 Å². The molecule has 4 bridgehead atoms. The van der Waals surface area contributed by atoms with E-state index in [1.807, 2.05) is 0 Å². The maximum atomic E-state index is 12.2. The van der Waals surface area contributed by atoms with Crippen LogP contribution in [-0.2, 0) is 9.59 Å². The molecule has 0 heterocycles. The molecule has 1 amide bonds. The van der Waals surface area contributed by atoms with Crippen molar-refractivity contribution in [1.29, 1.82) is 0 Å². The number of Topliss-reactive ketones (excluding diaryl/α,β-unsaturated/α-hetero) is 1. The molecule has 4 rings (SSSR count). The van der Waals surface area contributed by atoms with Gasteiger partial charge in [-0.05, 0) is 68.6 Å². The van der Waals surface area contributed by atoms with Crippen molar-refractivity contribution in [1.82, 2.24) is 5.32 Å². The van der Waals surface area contributed by atoms with Crippen LogP contribution in [0.2, 0.25) is 0 Å². The van der Waals surface area contributed by atoms with E-state index < -0.39 is 18.4 Å². The van der Waals surface area contributed by atoms with Gasteiger partial charge in [-0.15, -0.1) is 0 Å². The molecule has 4 aliphatic carbocycles. The maximum Gasteiger partial charge on any atom is 0.449 e. The molecule has 0 aromatic heterocycles. The molecular weight excluding hydrogens is 331 g/mol. The van der Waals surface area contributed by atoms with Crippen LogP contribution in [0.4, 0.5) is 13.2 Å². The standard InChI is InChI=1S/C19H28F3NO2/c20-19(21,22)16(24)5-3-1-2-4-6-17(25)23-18-14-8-12-7-13(10-14)11-15(18)9-12/h12-15,18H,1-11H2,(H,23,25).